The van der Waals surface area contributed by atoms with Crippen molar-refractivity contribution in [3.63, 3.8) is 0 Å². The summed E-state index contributed by atoms with van der Waals surface area (Å²) in [4.78, 5) is 28.5. The number of amides is 1. The van der Waals surface area contributed by atoms with E-state index in [1.54, 1.807) is 4.90 Å². The first-order chi connectivity index (χ1) is 8.51. The van der Waals surface area contributed by atoms with Gasteiger partial charge in [-0.2, -0.15) is 0 Å². The number of carbonyl (C=O) groups excluding carboxylic acids is 1. The van der Waals surface area contributed by atoms with Crippen molar-refractivity contribution in [3.05, 3.63) is 29.6 Å². The molecule has 1 atom stereocenters. The molecule has 18 heavy (non-hydrogen) atoms. The van der Waals surface area contributed by atoms with Crippen LogP contribution in [0.1, 0.15) is 48.0 Å². The lowest BCUT2D eigenvalue weighted by molar-refractivity contribution is 0.0679. The van der Waals surface area contributed by atoms with Gasteiger partial charge >= 0.3 is 5.97 Å². The largest absolute Gasteiger partial charge is 0.478 e. The predicted molar refractivity (Wildman–Crippen MR) is 67.7 cm³/mol. The van der Waals surface area contributed by atoms with Gasteiger partial charge in [0, 0.05) is 18.8 Å². The summed E-state index contributed by atoms with van der Waals surface area (Å²) >= 11 is 0. The second kappa shape index (κ2) is 6.14. The number of aromatic nitrogens is 1. The van der Waals surface area contributed by atoms with Gasteiger partial charge in [-0.15, -0.1) is 0 Å². The summed E-state index contributed by atoms with van der Waals surface area (Å²) in [7, 11) is 0. The highest BCUT2D eigenvalue weighted by Crippen LogP contribution is 2.09. The molecule has 0 radical (unpaired) electrons. The topological polar surface area (TPSA) is 70.5 Å². The predicted octanol–water partition coefficient (Wildman–Crippen LogP) is 2.04. The number of hydrogen-bond donors (Lipinski definition) is 1. The molecular weight excluding hydrogens is 232 g/mol. The number of carboxylic acids is 1. The van der Waals surface area contributed by atoms with Gasteiger partial charge in [0.05, 0.1) is 5.56 Å². The molecule has 1 rings (SSSR count). The van der Waals surface area contributed by atoms with E-state index >= 15 is 0 Å². The summed E-state index contributed by atoms with van der Waals surface area (Å²) in [5.41, 5.74) is 0.361. The summed E-state index contributed by atoms with van der Waals surface area (Å²) in [5.74, 6) is -1.21. The fourth-order valence-corrected chi connectivity index (χ4v) is 1.67. The fraction of sp³-hybridized carbons (Fsp3) is 0.462. The van der Waals surface area contributed by atoms with E-state index in [9.17, 15) is 9.59 Å². The summed E-state index contributed by atoms with van der Waals surface area (Å²) in [6, 6.07) is 2.99. The van der Waals surface area contributed by atoms with Crippen molar-refractivity contribution in [1.29, 1.82) is 0 Å². The van der Waals surface area contributed by atoms with Crippen molar-refractivity contribution in [2.24, 2.45) is 0 Å². The first kappa shape index (κ1) is 14.2. The molecule has 1 aromatic rings. The summed E-state index contributed by atoms with van der Waals surface area (Å²) in [6.45, 7) is 6.51. The van der Waals surface area contributed by atoms with Crippen LogP contribution in [0.2, 0.25) is 0 Å². The molecule has 0 aromatic carbocycles. The lowest BCUT2D eigenvalue weighted by atomic mass is 10.2. The number of carbonyl (C=O) groups is 2. The second-order valence-corrected chi connectivity index (χ2v) is 4.09. The molecule has 1 N–H and O–H groups in total. The third kappa shape index (κ3) is 3.06. The number of hydrogen-bond acceptors (Lipinski definition) is 3. The van der Waals surface area contributed by atoms with Crippen LogP contribution in [0.15, 0.2) is 18.3 Å². The summed E-state index contributed by atoms with van der Waals surface area (Å²) in [6.07, 6.45) is 2.08. The van der Waals surface area contributed by atoms with Gasteiger partial charge in [0.25, 0.3) is 5.91 Å². The highest BCUT2D eigenvalue weighted by Gasteiger charge is 2.19. The van der Waals surface area contributed by atoms with Gasteiger partial charge in [-0.3, -0.25) is 9.78 Å². The van der Waals surface area contributed by atoms with E-state index in [1.165, 1.54) is 18.3 Å². The van der Waals surface area contributed by atoms with Crippen molar-refractivity contribution in [1.82, 2.24) is 9.88 Å². The lowest BCUT2D eigenvalue weighted by Crippen LogP contribution is -2.38. The Morgan fingerprint density at radius 1 is 1.39 bits per heavy atom. The molecule has 0 bridgehead atoms. The van der Waals surface area contributed by atoms with Gasteiger partial charge in [0.2, 0.25) is 0 Å². The Labute approximate surface area is 106 Å². The van der Waals surface area contributed by atoms with E-state index in [0.717, 1.165) is 6.42 Å². The quantitative estimate of drug-likeness (QED) is 0.868. The normalized spacial score (nSPS) is 11.9. The van der Waals surface area contributed by atoms with Crippen molar-refractivity contribution >= 4 is 11.9 Å². The Hall–Kier alpha value is -1.91. The maximum atomic E-state index is 12.2. The minimum Gasteiger partial charge on any atom is -0.478 e. The molecule has 5 heteroatoms. The zero-order valence-electron chi connectivity index (χ0n) is 10.9. The molecule has 1 aromatic heterocycles. The molecule has 1 amide bonds. The van der Waals surface area contributed by atoms with Crippen LogP contribution in [-0.4, -0.2) is 39.5 Å². The van der Waals surface area contributed by atoms with Crippen LogP contribution in [0.25, 0.3) is 0 Å². The number of pyridine rings is 1. The van der Waals surface area contributed by atoms with Crippen LogP contribution in [-0.2, 0) is 0 Å². The molecule has 1 unspecified atom stereocenters. The second-order valence-electron chi connectivity index (χ2n) is 4.09. The molecule has 0 saturated heterocycles. The molecule has 0 saturated carbocycles. The van der Waals surface area contributed by atoms with Crippen molar-refractivity contribution in [3.8, 4) is 0 Å². The van der Waals surface area contributed by atoms with Crippen LogP contribution in [0, 0.1) is 0 Å². The molecular formula is C13H18N2O3. The van der Waals surface area contributed by atoms with Crippen LogP contribution in [0.4, 0.5) is 0 Å². The van der Waals surface area contributed by atoms with Gasteiger partial charge in [-0.05, 0) is 32.4 Å². The van der Waals surface area contributed by atoms with Crippen LogP contribution in [0.3, 0.4) is 0 Å². The Bertz CT molecular complexity index is 428. The van der Waals surface area contributed by atoms with Crippen molar-refractivity contribution in [2.75, 3.05) is 6.54 Å². The zero-order chi connectivity index (χ0) is 13.7. The van der Waals surface area contributed by atoms with E-state index in [2.05, 4.69) is 4.98 Å². The number of carboxylic acid groups (broad SMARTS) is 1. The molecule has 0 aliphatic heterocycles. The van der Waals surface area contributed by atoms with Crippen molar-refractivity contribution < 1.29 is 14.7 Å². The first-order valence-corrected chi connectivity index (χ1v) is 6.01. The fourth-order valence-electron chi connectivity index (χ4n) is 1.67. The smallest absolute Gasteiger partial charge is 0.337 e. The van der Waals surface area contributed by atoms with Crippen LogP contribution < -0.4 is 0 Å². The SMILES string of the molecule is CCC(C)N(CC)C(=O)c1ccc(C(=O)O)cn1. The minimum atomic E-state index is -1.05. The standard InChI is InChI=1S/C13H18N2O3/c1-4-9(3)15(5-2)12(16)11-7-6-10(8-14-11)13(17)18/h6-9H,4-5H2,1-3H3,(H,17,18). The molecule has 98 valence electrons. The van der Waals surface area contributed by atoms with Gasteiger partial charge in [-0.25, -0.2) is 4.79 Å². The zero-order valence-corrected chi connectivity index (χ0v) is 10.9. The van der Waals surface area contributed by atoms with Crippen LogP contribution in [0.5, 0.6) is 0 Å². The maximum Gasteiger partial charge on any atom is 0.337 e. The monoisotopic (exact) mass is 250 g/mol. The lowest BCUT2D eigenvalue weighted by Gasteiger charge is -2.26. The van der Waals surface area contributed by atoms with E-state index in [0.29, 0.717) is 6.54 Å². The molecule has 0 fully saturated rings. The molecule has 5 nitrogen and oxygen atoms in total. The highest BCUT2D eigenvalue weighted by molar-refractivity contribution is 5.93. The number of aromatic carboxylic acids is 1. The molecule has 0 spiro atoms. The molecule has 1 heterocycles. The molecule has 0 aliphatic rings. The summed E-state index contributed by atoms with van der Waals surface area (Å²) in [5, 5.41) is 8.76. The van der Waals surface area contributed by atoms with E-state index in [-0.39, 0.29) is 23.2 Å². The average molecular weight is 250 g/mol. The Balaban J connectivity index is 2.92. The van der Waals surface area contributed by atoms with Gasteiger partial charge in [-0.1, -0.05) is 6.92 Å². The van der Waals surface area contributed by atoms with Crippen molar-refractivity contribution in [2.45, 2.75) is 33.2 Å². The number of rotatable bonds is 5. The van der Waals surface area contributed by atoms with Gasteiger partial charge < -0.3 is 10.0 Å². The first-order valence-electron chi connectivity index (χ1n) is 6.01. The average Bonchev–Trinajstić information content (AvgIpc) is 2.39. The van der Waals surface area contributed by atoms with Gasteiger partial charge in [0.15, 0.2) is 0 Å². The Morgan fingerprint density at radius 3 is 2.44 bits per heavy atom. The van der Waals surface area contributed by atoms with E-state index in [1.807, 2.05) is 20.8 Å². The van der Waals surface area contributed by atoms with E-state index in [4.69, 9.17) is 5.11 Å². The Morgan fingerprint density at radius 2 is 2.06 bits per heavy atom. The third-order valence-corrected chi connectivity index (χ3v) is 2.95. The number of nitrogens with zero attached hydrogens (tertiary/aromatic N) is 2. The Kier molecular flexibility index (Phi) is 4.83. The highest BCUT2D eigenvalue weighted by atomic mass is 16.4. The third-order valence-electron chi connectivity index (χ3n) is 2.95. The van der Waals surface area contributed by atoms with Gasteiger partial charge in [0.1, 0.15) is 5.69 Å². The maximum absolute atomic E-state index is 12.2. The molecule has 0 aliphatic carbocycles. The van der Waals surface area contributed by atoms with E-state index < -0.39 is 5.97 Å². The summed E-state index contributed by atoms with van der Waals surface area (Å²) < 4.78 is 0. The minimum absolute atomic E-state index is 0.0816. The van der Waals surface area contributed by atoms with Crippen LogP contribution >= 0.6 is 0 Å².